The molecular formula is C11H17F3N2O3. The third-order valence-corrected chi connectivity index (χ3v) is 3.02. The van der Waals surface area contributed by atoms with Gasteiger partial charge in [0.25, 0.3) is 0 Å². The van der Waals surface area contributed by atoms with Crippen LogP contribution in [0.25, 0.3) is 0 Å². The predicted octanol–water partition coefficient (Wildman–Crippen LogP) is 1.84. The van der Waals surface area contributed by atoms with E-state index in [1.54, 1.807) is 0 Å². The Morgan fingerprint density at radius 3 is 2.63 bits per heavy atom. The van der Waals surface area contributed by atoms with Crippen LogP contribution < -0.4 is 5.32 Å². The minimum atomic E-state index is -4.28. The minimum absolute atomic E-state index is 0.0479. The van der Waals surface area contributed by atoms with E-state index in [0.29, 0.717) is 13.0 Å². The van der Waals surface area contributed by atoms with Gasteiger partial charge < -0.3 is 15.3 Å². The maximum atomic E-state index is 12.5. The second-order valence-corrected chi connectivity index (χ2v) is 4.56. The number of likely N-dealkylation sites (tertiary alicyclic amines) is 1. The van der Waals surface area contributed by atoms with E-state index in [-0.39, 0.29) is 32.4 Å². The van der Waals surface area contributed by atoms with Crippen molar-refractivity contribution in [1.82, 2.24) is 10.2 Å². The first-order valence-corrected chi connectivity index (χ1v) is 6.12. The van der Waals surface area contributed by atoms with E-state index in [1.165, 1.54) is 0 Å². The van der Waals surface area contributed by atoms with E-state index in [0.717, 1.165) is 4.90 Å². The van der Waals surface area contributed by atoms with Crippen molar-refractivity contribution in [2.75, 3.05) is 19.6 Å². The Labute approximate surface area is 108 Å². The molecule has 0 aromatic heterocycles. The van der Waals surface area contributed by atoms with Crippen LogP contribution in [-0.2, 0) is 4.79 Å². The van der Waals surface area contributed by atoms with Gasteiger partial charge in [0.2, 0.25) is 0 Å². The SMILES string of the molecule is O=C(O)CCCNC(=O)N1CCCC(C(F)(F)F)C1. The number of nitrogens with one attached hydrogen (secondary N) is 1. The van der Waals surface area contributed by atoms with Crippen molar-refractivity contribution in [3.8, 4) is 0 Å². The lowest BCUT2D eigenvalue weighted by Gasteiger charge is -2.33. The minimum Gasteiger partial charge on any atom is -0.481 e. The Bertz CT molecular complexity index is 334. The molecule has 2 N–H and O–H groups in total. The second-order valence-electron chi connectivity index (χ2n) is 4.56. The standard InChI is InChI=1S/C11H17F3N2O3/c12-11(13,14)8-3-2-6-16(7-8)10(19)15-5-1-4-9(17)18/h8H,1-7H2,(H,15,19)(H,17,18). The first-order valence-electron chi connectivity index (χ1n) is 6.12. The number of rotatable bonds is 4. The van der Waals surface area contributed by atoms with Crippen molar-refractivity contribution in [3.63, 3.8) is 0 Å². The molecule has 19 heavy (non-hydrogen) atoms. The summed E-state index contributed by atoms with van der Waals surface area (Å²) in [5, 5.41) is 10.8. The number of alkyl halides is 3. The number of nitrogens with zero attached hydrogens (tertiary/aromatic N) is 1. The van der Waals surface area contributed by atoms with E-state index in [4.69, 9.17) is 5.11 Å². The van der Waals surface area contributed by atoms with Crippen molar-refractivity contribution in [2.45, 2.75) is 31.9 Å². The molecule has 0 saturated carbocycles. The molecular weight excluding hydrogens is 265 g/mol. The number of piperidine rings is 1. The molecule has 1 unspecified atom stereocenters. The monoisotopic (exact) mass is 282 g/mol. The number of amides is 2. The summed E-state index contributed by atoms with van der Waals surface area (Å²) in [4.78, 5) is 23.0. The van der Waals surface area contributed by atoms with Crippen LogP contribution in [0.3, 0.4) is 0 Å². The van der Waals surface area contributed by atoms with Gasteiger partial charge in [-0.2, -0.15) is 13.2 Å². The fourth-order valence-corrected chi connectivity index (χ4v) is 1.98. The zero-order chi connectivity index (χ0) is 14.5. The molecule has 0 spiro atoms. The Hall–Kier alpha value is -1.47. The van der Waals surface area contributed by atoms with Crippen molar-refractivity contribution in [1.29, 1.82) is 0 Å². The lowest BCUT2D eigenvalue weighted by molar-refractivity contribution is -0.184. The third kappa shape index (κ3) is 5.35. The van der Waals surface area contributed by atoms with Crippen molar-refractivity contribution >= 4 is 12.0 Å². The zero-order valence-electron chi connectivity index (χ0n) is 10.4. The van der Waals surface area contributed by atoms with Crippen LogP contribution in [-0.4, -0.2) is 47.8 Å². The van der Waals surface area contributed by atoms with Crippen LogP contribution in [0.4, 0.5) is 18.0 Å². The number of carbonyl (C=O) groups excluding carboxylic acids is 1. The van der Waals surface area contributed by atoms with Crippen LogP contribution in [0.15, 0.2) is 0 Å². The summed E-state index contributed by atoms with van der Waals surface area (Å²) in [6.45, 7) is 0.129. The quantitative estimate of drug-likeness (QED) is 0.773. The summed E-state index contributed by atoms with van der Waals surface area (Å²) < 4.78 is 37.6. The summed E-state index contributed by atoms with van der Waals surface area (Å²) >= 11 is 0. The molecule has 0 aliphatic carbocycles. The third-order valence-electron chi connectivity index (χ3n) is 3.02. The van der Waals surface area contributed by atoms with Gasteiger partial charge >= 0.3 is 18.2 Å². The molecule has 0 radical (unpaired) electrons. The van der Waals surface area contributed by atoms with E-state index >= 15 is 0 Å². The van der Waals surface area contributed by atoms with Gasteiger partial charge in [0, 0.05) is 26.1 Å². The molecule has 8 heteroatoms. The van der Waals surface area contributed by atoms with Crippen LogP contribution in [0.1, 0.15) is 25.7 Å². The number of carbonyl (C=O) groups is 2. The highest BCUT2D eigenvalue weighted by Crippen LogP contribution is 2.32. The Kier molecular flexibility index (Phi) is 5.44. The summed E-state index contributed by atoms with van der Waals surface area (Å²) in [6, 6.07) is -0.556. The summed E-state index contributed by atoms with van der Waals surface area (Å²) in [7, 11) is 0. The van der Waals surface area contributed by atoms with Gasteiger partial charge in [-0.3, -0.25) is 4.79 Å². The molecule has 1 heterocycles. The zero-order valence-corrected chi connectivity index (χ0v) is 10.4. The molecule has 1 saturated heterocycles. The number of carboxylic acid groups (broad SMARTS) is 1. The highest BCUT2D eigenvalue weighted by Gasteiger charge is 2.42. The molecule has 0 aromatic carbocycles. The molecule has 1 aliphatic rings. The van der Waals surface area contributed by atoms with Gasteiger partial charge in [-0.05, 0) is 19.3 Å². The Morgan fingerprint density at radius 1 is 1.37 bits per heavy atom. The molecule has 1 rings (SSSR count). The van der Waals surface area contributed by atoms with Gasteiger partial charge in [0.1, 0.15) is 0 Å². The first-order chi connectivity index (χ1) is 8.80. The number of hydrogen-bond donors (Lipinski definition) is 2. The highest BCUT2D eigenvalue weighted by atomic mass is 19.4. The fourth-order valence-electron chi connectivity index (χ4n) is 1.98. The summed E-state index contributed by atoms with van der Waals surface area (Å²) in [5.41, 5.74) is 0. The van der Waals surface area contributed by atoms with E-state index in [1.807, 2.05) is 0 Å². The first kappa shape index (κ1) is 15.6. The molecule has 0 aromatic rings. The van der Waals surface area contributed by atoms with Gasteiger partial charge in [-0.25, -0.2) is 4.79 Å². The summed E-state index contributed by atoms with van der Waals surface area (Å²) in [5.74, 6) is -2.43. The molecule has 1 aliphatic heterocycles. The lowest BCUT2D eigenvalue weighted by atomic mass is 9.98. The van der Waals surface area contributed by atoms with E-state index in [2.05, 4.69) is 5.32 Å². The molecule has 0 bridgehead atoms. The molecule has 1 fully saturated rings. The lowest BCUT2D eigenvalue weighted by Crippen LogP contribution is -2.48. The number of carboxylic acids is 1. The highest BCUT2D eigenvalue weighted by molar-refractivity contribution is 5.74. The largest absolute Gasteiger partial charge is 0.481 e. The smallest absolute Gasteiger partial charge is 0.393 e. The van der Waals surface area contributed by atoms with Gasteiger partial charge in [0.15, 0.2) is 0 Å². The molecule has 5 nitrogen and oxygen atoms in total. The van der Waals surface area contributed by atoms with Gasteiger partial charge in [-0.1, -0.05) is 0 Å². The van der Waals surface area contributed by atoms with Crippen LogP contribution >= 0.6 is 0 Å². The van der Waals surface area contributed by atoms with Crippen molar-refractivity contribution in [3.05, 3.63) is 0 Å². The fraction of sp³-hybridized carbons (Fsp3) is 0.818. The number of urea groups is 1. The van der Waals surface area contributed by atoms with Crippen LogP contribution in [0.2, 0.25) is 0 Å². The van der Waals surface area contributed by atoms with E-state index < -0.39 is 24.1 Å². The predicted molar refractivity (Wildman–Crippen MR) is 60.6 cm³/mol. The topological polar surface area (TPSA) is 69.6 Å². The Balaban J connectivity index is 2.34. The number of hydrogen-bond acceptors (Lipinski definition) is 2. The second kappa shape index (κ2) is 6.63. The molecule has 1 atom stereocenters. The number of aliphatic carboxylic acids is 1. The van der Waals surface area contributed by atoms with Crippen LogP contribution in [0.5, 0.6) is 0 Å². The van der Waals surface area contributed by atoms with Gasteiger partial charge in [-0.15, -0.1) is 0 Å². The molecule has 2 amide bonds. The molecule has 110 valence electrons. The Morgan fingerprint density at radius 2 is 2.05 bits per heavy atom. The normalized spacial score (nSPS) is 20.2. The average Bonchev–Trinajstić information content (AvgIpc) is 2.33. The van der Waals surface area contributed by atoms with Crippen LogP contribution in [0, 0.1) is 5.92 Å². The average molecular weight is 282 g/mol. The number of halogens is 3. The maximum Gasteiger partial charge on any atom is 0.393 e. The van der Waals surface area contributed by atoms with Crippen molar-refractivity contribution in [2.24, 2.45) is 5.92 Å². The van der Waals surface area contributed by atoms with Gasteiger partial charge in [0.05, 0.1) is 5.92 Å². The maximum absolute atomic E-state index is 12.5. The van der Waals surface area contributed by atoms with Crippen molar-refractivity contribution < 1.29 is 27.9 Å². The summed E-state index contributed by atoms with van der Waals surface area (Å²) in [6.07, 6.45) is -3.72. The van der Waals surface area contributed by atoms with E-state index in [9.17, 15) is 22.8 Å².